The van der Waals surface area contributed by atoms with Crippen LogP contribution in [0.4, 0.5) is 0 Å². The molecular formula is C102H246Mn7N28-14. The van der Waals surface area contributed by atoms with Crippen LogP contribution in [-0.4, -0.2) is 536 Å². The van der Waals surface area contributed by atoms with Crippen LogP contribution in [0.3, 0.4) is 0 Å². The monoisotopic (exact) mass is 2250 g/mol. The van der Waals surface area contributed by atoms with Gasteiger partial charge in [-0.3, -0.25) is 0 Å². The van der Waals surface area contributed by atoms with E-state index in [1.807, 2.05) is 42.3 Å². The number of nitrogens with zero attached hydrogens (tertiary/aromatic N) is 28. The molecule has 35 heteroatoms. The van der Waals surface area contributed by atoms with Gasteiger partial charge in [0.25, 0.3) is 0 Å². The Labute approximate surface area is 939 Å². The largest absolute Gasteiger partial charge is 0.664 e. The Bertz CT molecular complexity index is 1800. The van der Waals surface area contributed by atoms with Crippen LogP contribution in [-0.2, 0) is 119 Å². The molecule has 0 N–H and O–H groups in total. The smallest absolute Gasteiger partial charge is 0 e. The third kappa shape index (κ3) is 277. The third-order valence-electron chi connectivity index (χ3n) is 17.2. The molecule has 0 amide bonds. The fourth-order valence-corrected chi connectivity index (χ4v) is 7.44. The average molecular weight is 2250 g/mol. The molecule has 28 nitrogen and oxygen atoms in total. The maximum absolute atomic E-state index is 4.57. The first-order valence-electron chi connectivity index (χ1n) is 49.8. The summed E-state index contributed by atoms with van der Waals surface area (Å²) in [6, 6.07) is 2.06. The zero-order chi connectivity index (χ0) is 105. The second-order valence-corrected chi connectivity index (χ2v) is 41.4. The zero-order valence-electron chi connectivity index (χ0n) is 102. The van der Waals surface area contributed by atoms with E-state index in [0.717, 1.165) is 235 Å². The summed E-state index contributed by atoms with van der Waals surface area (Å²) in [6.07, 6.45) is 4.57. The van der Waals surface area contributed by atoms with Crippen LogP contribution in [0.1, 0.15) is 206 Å². The molecule has 7 radical (unpaired) electrons. The van der Waals surface area contributed by atoms with Crippen molar-refractivity contribution >= 4 is 0 Å². The summed E-state index contributed by atoms with van der Waals surface area (Å²) in [5.41, 5.74) is 0.623. The molecule has 0 fully saturated rings. The molecule has 0 aromatic rings. The minimum atomic E-state index is 0. The van der Waals surface area contributed by atoms with Crippen LogP contribution >= 0.6 is 0 Å². The van der Waals surface area contributed by atoms with E-state index >= 15 is 0 Å². The second kappa shape index (κ2) is 141. The minimum Gasteiger partial charge on any atom is -0.664 e. The zero-order valence-corrected chi connectivity index (χ0v) is 110. The summed E-state index contributed by atoms with van der Waals surface area (Å²) in [7, 11) is 61.5. The van der Waals surface area contributed by atoms with Crippen molar-refractivity contribution in [1.29, 1.82) is 0 Å². The van der Waals surface area contributed by atoms with Gasteiger partial charge in [-0.25, -0.2) is 0 Å². The maximum atomic E-state index is 4.57. The van der Waals surface area contributed by atoms with E-state index in [1.54, 1.807) is 0 Å². The number of rotatable bonds is 58. The molecule has 137 heavy (non-hydrogen) atoms. The summed E-state index contributed by atoms with van der Waals surface area (Å²) in [5, 5.41) is 60.5. The second-order valence-electron chi connectivity index (χ2n) is 41.4. The van der Waals surface area contributed by atoms with Crippen molar-refractivity contribution in [3.63, 3.8) is 0 Å². The standard InChI is InChI=1S/2C9H21N2.6C8H19N2.2C7H17N2.2C6H15N2.2C5H13N2.7Mn/c2*1-6-9(2,3)10-7-8-11(4)5;2*1-8(2,3)9-6-7-10(4)5;2*1-8(2)7-9-5-6-10(3)4;2*1-5-8(2)9-6-7-10(3)4;2*1-7(2)8-5-6-9(3)4;2*1-4-7-5-6-8(2)3;2*1-6-4-5-7(2)3;;;;;;;/h2*6-8H2,1-5H3;2*6-7H2,1-5H3;4*8H,5-7H2,1-4H3;2*7H,5-6H2,1-4H3;2*4-6H2,1-3H3;2*4-5H2,1-3H3;;;;;;;/q14*-1;;;;;;;. The van der Waals surface area contributed by atoms with Crippen molar-refractivity contribution in [3.05, 3.63) is 74.4 Å². The molecule has 2 unspecified atom stereocenters. The molecule has 857 valence electrons. The van der Waals surface area contributed by atoms with Gasteiger partial charge in [-0.2, -0.15) is 27.2 Å². The SMILES string of the molecule is CC(C)C[N-]CCN(C)C.CC(C)C[N-]CCN(C)C.CC(C)[N-]CCN(C)C.CC(C)[N-]CCN(C)C.CCC(C)(C)[N-]CCN(C)C.CCC(C)(C)[N-]CCN(C)C.CCC(C)[N-]CCN(C)C.CCC(C)[N-]CCN(C)C.CC[N-]CCN(C)C.CC[N-]CCN(C)C.CN(C)CC[N-]C(C)(C)C.CN(C)CC[N-]C(C)(C)C.C[N-]CCN(C)C.C[N-]CCN(C)C.[Mn].[Mn].[Mn].[Mn].[Mn].[Mn].[Mn]. The van der Waals surface area contributed by atoms with Gasteiger partial charge < -0.3 is 143 Å². The number of hydrogen-bond acceptors (Lipinski definition) is 14. The van der Waals surface area contributed by atoms with Crippen LogP contribution in [0.15, 0.2) is 0 Å². The van der Waals surface area contributed by atoms with Crippen molar-refractivity contribution in [3.8, 4) is 0 Å². The van der Waals surface area contributed by atoms with Gasteiger partial charge in [-0.05, 0) is 289 Å². The predicted molar refractivity (Wildman–Crippen MR) is 605 cm³/mol. The molecule has 0 heterocycles. The van der Waals surface area contributed by atoms with Crippen LogP contribution in [0.5, 0.6) is 0 Å². The first-order chi connectivity index (χ1) is 59.7. The van der Waals surface area contributed by atoms with Gasteiger partial charge in [0, 0.05) is 119 Å². The van der Waals surface area contributed by atoms with Gasteiger partial charge in [0.2, 0.25) is 0 Å². The molecule has 0 spiro atoms. The Kier molecular flexibility index (Phi) is 196. The van der Waals surface area contributed by atoms with Crippen LogP contribution in [0, 0.1) is 11.8 Å². The van der Waals surface area contributed by atoms with E-state index in [9.17, 15) is 0 Å². The van der Waals surface area contributed by atoms with E-state index in [4.69, 9.17) is 0 Å². The van der Waals surface area contributed by atoms with Gasteiger partial charge >= 0.3 is 0 Å². The quantitative estimate of drug-likeness (QED) is 0.0406. The van der Waals surface area contributed by atoms with E-state index in [2.05, 4.69) is 492 Å². The topological polar surface area (TPSA) is 243 Å². The Morgan fingerprint density at radius 1 is 0.204 bits per heavy atom. The van der Waals surface area contributed by atoms with E-state index < -0.39 is 0 Å². The van der Waals surface area contributed by atoms with Crippen molar-refractivity contribution in [2.45, 2.75) is 252 Å². The average Bonchev–Trinajstić information content (AvgIpc) is 0.955. The summed E-state index contributed by atoms with van der Waals surface area (Å²) in [4.78, 5) is 30.1. The summed E-state index contributed by atoms with van der Waals surface area (Å²) in [5.74, 6) is 1.42. The van der Waals surface area contributed by atoms with Crippen molar-refractivity contribution in [1.82, 2.24) is 68.6 Å². The molecule has 0 aliphatic rings. The van der Waals surface area contributed by atoms with Crippen LogP contribution in [0.25, 0.3) is 74.4 Å². The van der Waals surface area contributed by atoms with E-state index in [-0.39, 0.29) is 142 Å². The Morgan fingerprint density at radius 2 is 0.365 bits per heavy atom. The van der Waals surface area contributed by atoms with Crippen molar-refractivity contribution < 1.29 is 119 Å². The molecule has 0 aromatic carbocycles. The summed E-state index contributed by atoms with van der Waals surface area (Å²) in [6.45, 7) is 88.2. The van der Waals surface area contributed by atoms with Gasteiger partial charge in [0.05, 0.1) is 0 Å². The fraction of sp³-hybridized carbons (Fsp3) is 1.00. The first-order valence-corrected chi connectivity index (χ1v) is 49.8. The van der Waals surface area contributed by atoms with Gasteiger partial charge in [-0.1, -0.05) is 218 Å². The Hall–Kier alpha value is 2.52. The third-order valence-corrected chi connectivity index (χ3v) is 17.2. The predicted octanol–water partition coefficient (Wildman–Crippen LogP) is 19.9. The first kappa shape index (κ1) is 191. The fourth-order valence-electron chi connectivity index (χ4n) is 7.44. The van der Waals surface area contributed by atoms with Crippen molar-refractivity contribution in [2.75, 3.05) is 421 Å². The van der Waals surface area contributed by atoms with Gasteiger partial charge in [0.1, 0.15) is 0 Å². The minimum absolute atomic E-state index is 0. The molecule has 0 rings (SSSR count). The Balaban J connectivity index is -0.0000000555. The van der Waals surface area contributed by atoms with Crippen LogP contribution in [0.2, 0.25) is 0 Å². The maximum Gasteiger partial charge on any atom is 0 e. The summed E-state index contributed by atoms with van der Waals surface area (Å²) >= 11 is 0. The molecular weight excluding hydrogens is 2000 g/mol. The molecule has 0 bridgehead atoms. The van der Waals surface area contributed by atoms with E-state index in [0.29, 0.717) is 36.0 Å². The summed E-state index contributed by atoms with van der Waals surface area (Å²) < 4.78 is 0. The van der Waals surface area contributed by atoms with Gasteiger partial charge in [-0.15, -0.1) is 151 Å². The molecule has 2 atom stereocenters. The molecule has 0 aliphatic carbocycles. The molecule has 0 aromatic heterocycles. The molecule has 0 saturated heterocycles. The van der Waals surface area contributed by atoms with E-state index in [1.165, 1.54) is 0 Å². The normalized spacial score (nSPS) is 11.3. The van der Waals surface area contributed by atoms with Gasteiger partial charge in [0.15, 0.2) is 0 Å². The number of likely N-dealkylation sites (N-methyl/N-ethyl adjacent to an activating group) is 18. The Morgan fingerprint density at radius 3 is 0.504 bits per heavy atom. The molecule has 0 saturated carbocycles. The van der Waals surface area contributed by atoms with Crippen molar-refractivity contribution in [2.24, 2.45) is 11.8 Å². The molecule has 0 aliphatic heterocycles. The number of hydrogen-bond donors (Lipinski definition) is 0. The van der Waals surface area contributed by atoms with Crippen LogP contribution < -0.4 is 0 Å².